The summed E-state index contributed by atoms with van der Waals surface area (Å²) in [5.41, 5.74) is 0.487. The van der Waals surface area contributed by atoms with Gasteiger partial charge in [0.1, 0.15) is 6.10 Å². The molecule has 1 aliphatic rings. The molecule has 1 aromatic rings. The van der Waals surface area contributed by atoms with Gasteiger partial charge >= 0.3 is 0 Å². The lowest BCUT2D eigenvalue weighted by atomic mass is 10.2. The van der Waals surface area contributed by atoms with E-state index in [4.69, 9.17) is 14.2 Å². The first kappa shape index (κ1) is 18.7. The lowest BCUT2D eigenvalue weighted by Crippen LogP contribution is -2.44. The zero-order valence-corrected chi connectivity index (χ0v) is 14.8. The van der Waals surface area contributed by atoms with E-state index in [9.17, 15) is 9.18 Å². The summed E-state index contributed by atoms with van der Waals surface area (Å²) in [7, 11) is 1.41. The molecule has 2 rings (SSSR count). The fourth-order valence-electron chi connectivity index (χ4n) is 2.78. The van der Waals surface area contributed by atoms with E-state index < -0.39 is 11.9 Å². The largest absolute Gasteiger partial charge is 0.494 e. The van der Waals surface area contributed by atoms with Gasteiger partial charge in [0.25, 0.3) is 5.91 Å². The molecule has 1 heterocycles. The molecule has 0 aliphatic carbocycles. The molecule has 134 valence electrons. The van der Waals surface area contributed by atoms with E-state index in [1.54, 1.807) is 17.9 Å². The zero-order chi connectivity index (χ0) is 17.7. The number of methoxy groups -OCH3 is 1. The molecule has 24 heavy (non-hydrogen) atoms. The number of rotatable bonds is 7. The van der Waals surface area contributed by atoms with Crippen molar-refractivity contribution in [1.29, 1.82) is 0 Å². The van der Waals surface area contributed by atoms with E-state index in [1.165, 1.54) is 19.2 Å². The molecule has 5 nitrogen and oxygen atoms in total. The molecule has 1 fully saturated rings. The predicted molar refractivity (Wildman–Crippen MR) is 90.0 cm³/mol. The second-order valence-electron chi connectivity index (χ2n) is 6.23. The standard InChI is InChI=1S/C18H26FNO4/c1-12(2)20(14-7-8-17(22-4)16(19)10-14)18(21)13(3)24-11-15-6-5-9-23-15/h7-8,10,12-13,15H,5-6,9,11H2,1-4H3/t13-,15-/m0/s1. The molecular weight excluding hydrogens is 313 g/mol. The first-order valence-electron chi connectivity index (χ1n) is 8.33. The van der Waals surface area contributed by atoms with Crippen LogP contribution in [-0.2, 0) is 14.3 Å². The molecule has 0 bridgehead atoms. The van der Waals surface area contributed by atoms with E-state index in [2.05, 4.69) is 0 Å². The molecule has 0 spiro atoms. The summed E-state index contributed by atoms with van der Waals surface area (Å²) >= 11 is 0. The highest BCUT2D eigenvalue weighted by Crippen LogP contribution is 2.26. The van der Waals surface area contributed by atoms with E-state index in [1.807, 2.05) is 13.8 Å². The highest BCUT2D eigenvalue weighted by molar-refractivity contribution is 5.96. The first-order valence-corrected chi connectivity index (χ1v) is 8.33. The van der Waals surface area contributed by atoms with Gasteiger partial charge in [-0.3, -0.25) is 4.79 Å². The highest BCUT2D eigenvalue weighted by Gasteiger charge is 2.27. The molecular formula is C18H26FNO4. The summed E-state index contributed by atoms with van der Waals surface area (Å²) < 4.78 is 30.1. The number of halogens is 1. The number of carbonyl (C=O) groups excluding carboxylic acids is 1. The van der Waals surface area contributed by atoms with Crippen molar-refractivity contribution in [1.82, 2.24) is 0 Å². The van der Waals surface area contributed by atoms with Crippen LogP contribution < -0.4 is 9.64 Å². The molecule has 2 atom stereocenters. The normalized spacial score (nSPS) is 18.7. The van der Waals surface area contributed by atoms with Gasteiger partial charge in [-0.2, -0.15) is 0 Å². The van der Waals surface area contributed by atoms with Gasteiger partial charge in [-0.15, -0.1) is 0 Å². The van der Waals surface area contributed by atoms with Gasteiger partial charge in [-0.25, -0.2) is 4.39 Å². The fourth-order valence-corrected chi connectivity index (χ4v) is 2.78. The maximum absolute atomic E-state index is 14.0. The molecule has 1 aromatic carbocycles. The van der Waals surface area contributed by atoms with Crippen LogP contribution in [0, 0.1) is 5.82 Å². The average Bonchev–Trinajstić information content (AvgIpc) is 3.06. The number of nitrogens with zero attached hydrogens (tertiary/aromatic N) is 1. The Bertz CT molecular complexity index is 558. The van der Waals surface area contributed by atoms with Gasteiger partial charge in [0.05, 0.1) is 19.8 Å². The Morgan fingerprint density at radius 2 is 2.17 bits per heavy atom. The van der Waals surface area contributed by atoms with Crippen molar-refractivity contribution >= 4 is 11.6 Å². The summed E-state index contributed by atoms with van der Waals surface area (Å²) in [6.07, 6.45) is 1.42. The molecule has 0 saturated carbocycles. The lowest BCUT2D eigenvalue weighted by Gasteiger charge is -2.30. The molecule has 1 aliphatic heterocycles. The van der Waals surface area contributed by atoms with Gasteiger partial charge in [0, 0.05) is 24.4 Å². The third kappa shape index (κ3) is 4.45. The van der Waals surface area contributed by atoms with Crippen molar-refractivity contribution in [2.75, 3.05) is 25.2 Å². The van der Waals surface area contributed by atoms with Crippen molar-refractivity contribution in [3.8, 4) is 5.75 Å². The summed E-state index contributed by atoms with van der Waals surface area (Å²) in [4.78, 5) is 14.3. The number of hydrogen-bond acceptors (Lipinski definition) is 4. The van der Waals surface area contributed by atoms with Crippen LogP contribution in [0.2, 0.25) is 0 Å². The lowest BCUT2D eigenvalue weighted by molar-refractivity contribution is -0.131. The van der Waals surface area contributed by atoms with Crippen LogP contribution in [0.5, 0.6) is 5.75 Å². The van der Waals surface area contributed by atoms with Crippen LogP contribution >= 0.6 is 0 Å². The van der Waals surface area contributed by atoms with Crippen LogP contribution in [0.1, 0.15) is 33.6 Å². The van der Waals surface area contributed by atoms with Gasteiger partial charge < -0.3 is 19.1 Å². The second-order valence-corrected chi connectivity index (χ2v) is 6.23. The quantitative estimate of drug-likeness (QED) is 0.766. The van der Waals surface area contributed by atoms with Crippen molar-refractivity contribution in [3.63, 3.8) is 0 Å². The molecule has 0 unspecified atom stereocenters. The minimum absolute atomic E-state index is 0.0613. The smallest absolute Gasteiger partial charge is 0.256 e. The number of amides is 1. The van der Waals surface area contributed by atoms with E-state index in [0.717, 1.165) is 19.4 Å². The van der Waals surface area contributed by atoms with Gasteiger partial charge in [0.2, 0.25) is 0 Å². The topological polar surface area (TPSA) is 48.0 Å². The van der Waals surface area contributed by atoms with Crippen molar-refractivity contribution in [3.05, 3.63) is 24.0 Å². The zero-order valence-electron chi connectivity index (χ0n) is 14.8. The summed E-state index contributed by atoms with van der Waals surface area (Å²) in [5, 5.41) is 0. The summed E-state index contributed by atoms with van der Waals surface area (Å²) in [6.45, 7) is 6.63. The first-order chi connectivity index (χ1) is 11.4. The molecule has 0 aromatic heterocycles. The maximum atomic E-state index is 14.0. The molecule has 0 N–H and O–H groups in total. The number of hydrogen-bond donors (Lipinski definition) is 0. The predicted octanol–water partition coefficient (Wildman–Crippen LogP) is 3.16. The third-order valence-corrected chi connectivity index (χ3v) is 4.07. The minimum Gasteiger partial charge on any atom is -0.494 e. The van der Waals surface area contributed by atoms with Crippen molar-refractivity contribution in [2.24, 2.45) is 0 Å². The second kappa shape index (κ2) is 8.44. The third-order valence-electron chi connectivity index (χ3n) is 4.07. The van der Waals surface area contributed by atoms with E-state index in [-0.39, 0.29) is 23.8 Å². The maximum Gasteiger partial charge on any atom is 0.256 e. The number of carbonyl (C=O) groups is 1. The SMILES string of the molecule is COc1ccc(N(C(=O)[C@H](C)OC[C@@H]2CCCO2)C(C)C)cc1F. The highest BCUT2D eigenvalue weighted by atomic mass is 19.1. The van der Waals surface area contributed by atoms with E-state index in [0.29, 0.717) is 12.3 Å². The molecule has 1 saturated heterocycles. The minimum atomic E-state index is -0.623. The Morgan fingerprint density at radius 1 is 1.42 bits per heavy atom. The Kier molecular flexibility index (Phi) is 6.57. The number of benzene rings is 1. The van der Waals surface area contributed by atoms with Crippen molar-refractivity contribution < 1.29 is 23.4 Å². The number of ether oxygens (including phenoxy) is 3. The van der Waals surface area contributed by atoms with Crippen molar-refractivity contribution in [2.45, 2.75) is 51.9 Å². The Hall–Kier alpha value is -1.66. The monoisotopic (exact) mass is 339 g/mol. The van der Waals surface area contributed by atoms with Gasteiger partial charge in [0.15, 0.2) is 11.6 Å². The Morgan fingerprint density at radius 3 is 2.71 bits per heavy atom. The van der Waals surface area contributed by atoms with Gasteiger partial charge in [-0.05, 0) is 45.7 Å². The number of anilines is 1. The van der Waals surface area contributed by atoms with E-state index >= 15 is 0 Å². The molecule has 1 amide bonds. The van der Waals surface area contributed by atoms with Crippen LogP contribution in [0.4, 0.5) is 10.1 Å². The summed E-state index contributed by atoms with van der Waals surface area (Å²) in [6, 6.07) is 4.38. The Labute approximate surface area is 142 Å². The van der Waals surface area contributed by atoms with Crippen LogP contribution in [0.25, 0.3) is 0 Å². The molecule has 0 radical (unpaired) electrons. The summed E-state index contributed by atoms with van der Waals surface area (Å²) in [5.74, 6) is -0.550. The fraction of sp³-hybridized carbons (Fsp3) is 0.611. The van der Waals surface area contributed by atoms with Crippen LogP contribution in [0.15, 0.2) is 18.2 Å². The van der Waals surface area contributed by atoms with Gasteiger partial charge in [-0.1, -0.05) is 0 Å². The van der Waals surface area contributed by atoms with Crippen LogP contribution in [0.3, 0.4) is 0 Å². The average molecular weight is 339 g/mol. The van der Waals surface area contributed by atoms with Crippen LogP contribution in [-0.4, -0.2) is 44.5 Å². The Balaban J connectivity index is 2.07. The molecule has 6 heteroatoms.